The molecule has 1 aliphatic rings. The molecule has 1 N–H and O–H groups in total. The second kappa shape index (κ2) is 6.72. The van der Waals surface area contributed by atoms with Gasteiger partial charge in [-0.1, -0.05) is 6.92 Å². The summed E-state index contributed by atoms with van der Waals surface area (Å²) in [5.74, 6) is -1.25. The third-order valence-corrected chi connectivity index (χ3v) is 5.42. The number of thiazole rings is 1. The van der Waals surface area contributed by atoms with Gasteiger partial charge in [-0.15, -0.1) is 11.3 Å². The van der Waals surface area contributed by atoms with Crippen molar-refractivity contribution in [3.05, 3.63) is 34.3 Å². The lowest BCUT2D eigenvalue weighted by atomic mass is 9.99. The molecule has 1 amide bonds. The lowest BCUT2D eigenvalue weighted by Gasteiger charge is -2.26. The summed E-state index contributed by atoms with van der Waals surface area (Å²) >= 11 is 1.61. The van der Waals surface area contributed by atoms with Gasteiger partial charge >= 0.3 is 5.97 Å². The smallest absolute Gasteiger partial charge is 0.309 e. The molecule has 1 saturated heterocycles. The Labute approximate surface area is 144 Å². The Bertz CT molecular complexity index is 754. The molecule has 24 heavy (non-hydrogen) atoms. The molecular formula is C16H20N4O3S. The van der Waals surface area contributed by atoms with Crippen molar-refractivity contribution in [2.45, 2.75) is 32.2 Å². The summed E-state index contributed by atoms with van der Waals surface area (Å²) < 4.78 is 1.78. The number of likely N-dealkylation sites (tertiary alicyclic amines) is 1. The van der Waals surface area contributed by atoms with E-state index < -0.39 is 17.9 Å². The van der Waals surface area contributed by atoms with Gasteiger partial charge in [0.1, 0.15) is 11.9 Å². The average Bonchev–Trinajstić information content (AvgIpc) is 3.24. The molecule has 1 aliphatic heterocycles. The van der Waals surface area contributed by atoms with E-state index in [-0.39, 0.29) is 12.3 Å². The first-order chi connectivity index (χ1) is 11.5. The van der Waals surface area contributed by atoms with Crippen LogP contribution in [0.15, 0.2) is 17.8 Å². The molecule has 0 saturated carbocycles. The summed E-state index contributed by atoms with van der Waals surface area (Å²) in [5.41, 5.74) is 0.946. The monoisotopic (exact) mass is 348 g/mol. The first-order valence-electron chi connectivity index (χ1n) is 7.94. The molecule has 3 rings (SSSR count). The molecule has 0 aromatic carbocycles. The standard InChI is InChI=1S/C16H20N4O3S/c1-3-12-18-10(9-24-12)4-6-20-13(21)8-11(16(22)23)14(20)15-17-5-7-19(15)2/h5,7,9,11,14H,3-4,6,8H2,1-2H3,(H,22,23). The van der Waals surface area contributed by atoms with Crippen LogP contribution in [0.5, 0.6) is 0 Å². The van der Waals surface area contributed by atoms with Gasteiger partial charge in [0, 0.05) is 44.2 Å². The van der Waals surface area contributed by atoms with Crippen LogP contribution >= 0.6 is 11.3 Å². The van der Waals surface area contributed by atoms with Gasteiger partial charge in [0.2, 0.25) is 5.91 Å². The molecule has 2 unspecified atom stereocenters. The number of nitrogens with zero attached hydrogens (tertiary/aromatic N) is 4. The van der Waals surface area contributed by atoms with Gasteiger partial charge in [0.25, 0.3) is 0 Å². The lowest BCUT2D eigenvalue weighted by molar-refractivity contribution is -0.142. The van der Waals surface area contributed by atoms with Gasteiger partial charge in [0.05, 0.1) is 16.6 Å². The minimum absolute atomic E-state index is 0.0180. The predicted molar refractivity (Wildman–Crippen MR) is 88.6 cm³/mol. The van der Waals surface area contributed by atoms with E-state index in [0.29, 0.717) is 18.8 Å². The van der Waals surface area contributed by atoms with E-state index in [2.05, 4.69) is 16.9 Å². The summed E-state index contributed by atoms with van der Waals surface area (Å²) in [5, 5.41) is 12.6. The fourth-order valence-corrected chi connectivity index (χ4v) is 3.90. The molecule has 7 nitrogen and oxygen atoms in total. The van der Waals surface area contributed by atoms with E-state index >= 15 is 0 Å². The molecular weight excluding hydrogens is 328 g/mol. The Balaban J connectivity index is 1.82. The number of aliphatic carboxylic acids is 1. The molecule has 0 bridgehead atoms. The lowest BCUT2D eigenvalue weighted by Crippen LogP contribution is -2.34. The highest BCUT2D eigenvalue weighted by atomic mass is 32.1. The molecule has 1 fully saturated rings. The Morgan fingerprint density at radius 3 is 2.88 bits per heavy atom. The quantitative estimate of drug-likeness (QED) is 0.858. The number of rotatable bonds is 6. The number of amides is 1. The highest BCUT2D eigenvalue weighted by molar-refractivity contribution is 7.09. The number of hydrogen-bond acceptors (Lipinski definition) is 5. The maximum absolute atomic E-state index is 12.4. The van der Waals surface area contributed by atoms with Crippen LogP contribution in [-0.2, 0) is 29.5 Å². The molecule has 0 radical (unpaired) electrons. The van der Waals surface area contributed by atoms with Crippen LogP contribution in [0.2, 0.25) is 0 Å². The number of hydrogen-bond donors (Lipinski definition) is 1. The van der Waals surface area contributed by atoms with Crippen molar-refractivity contribution in [2.24, 2.45) is 13.0 Å². The van der Waals surface area contributed by atoms with E-state index in [4.69, 9.17) is 0 Å². The zero-order chi connectivity index (χ0) is 17.3. The molecule has 3 heterocycles. The van der Waals surface area contributed by atoms with Crippen molar-refractivity contribution in [3.63, 3.8) is 0 Å². The Morgan fingerprint density at radius 2 is 2.29 bits per heavy atom. The molecule has 0 spiro atoms. The number of imidazole rings is 1. The third kappa shape index (κ3) is 3.06. The molecule has 2 aromatic heterocycles. The second-order valence-electron chi connectivity index (χ2n) is 5.91. The van der Waals surface area contributed by atoms with Crippen molar-refractivity contribution in [3.8, 4) is 0 Å². The second-order valence-corrected chi connectivity index (χ2v) is 6.86. The zero-order valence-corrected chi connectivity index (χ0v) is 14.5. The maximum atomic E-state index is 12.4. The fraction of sp³-hybridized carbons (Fsp3) is 0.500. The minimum atomic E-state index is -0.958. The van der Waals surface area contributed by atoms with Crippen LogP contribution in [-0.4, -0.2) is 43.0 Å². The van der Waals surface area contributed by atoms with Crippen LogP contribution in [0.25, 0.3) is 0 Å². The SMILES string of the molecule is CCc1nc(CCN2C(=O)CC(C(=O)O)C2c2nccn2C)cs1. The summed E-state index contributed by atoms with van der Waals surface area (Å²) in [7, 11) is 1.82. The van der Waals surface area contributed by atoms with Gasteiger partial charge < -0.3 is 14.6 Å². The number of aryl methyl sites for hydroxylation is 2. The van der Waals surface area contributed by atoms with Crippen molar-refractivity contribution in [1.29, 1.82) is 0 Å². The van der Waals surface area contributed by atoms with Gasteiger partial charge in [-0.3, -0.25) is 9.59 Å². The summed E-state index contributed by atoms with van der Waals surface area (Å²) in [6.07, 6.45) is 4.93. The summed E-state index contributed by atoms with van der Waals surface area (Å²) in [4.78, 5) is 34.4. The Kier molecular flexibility index (Phi) is 4.66. The molecule has 0 aliphatic carbocycles. The number of aromatic nitrogens is 3. The van der Waals surface area contributed by atoms with E-state index in [9.17, 15) is 14.7 Å². The first-order valence-corrected chi connectivity index (χ1v) is 8.82. The number of carbonyl (C=O) groups excluding carboxylic acids is 1. The summed E-state index contributed by atoms with van der Waals surface area (Å²) in [6, 6.07) is -0.528. The Hall–Kier alpha value is -2.22. The summed E-state index contributed by atoms with van der Waals surface area (Å²) in [6.45, 7) is 2.51. The maximum Gasteiger partial charge on any atom is 0.309 e. The molecule has 2 aromatic rings. The van der Waals surface area contributed by atoms with Crippen LogP contribution in [0, 0.1) is 5.92 Å². The molecule has 128 valence electrons. The van der Waals surface area contributed by atoms with E-state index in [1.54, 1.807) is 33.2 Å². The van der Waals surface area contributed by atoms with E-state index in [1.165, 1.54) is 0 Å². The van der Waals surface area contributed by atoms with Crippen LogP contribution in [0.3, 0.4) is 0 Å². The van der Waals surface area contributed by atoms with Crippen LogP contribution in [0.4, 0.5) is 0 Å². The van der Waals surface area contributed by atoms with Gasteiger partial charge in [-0.2, -0.15) is 0 Å². The average molecular weight is 348 g/mol. The Morgan fingerprint density at radius 1 is 1.50 bits per heavy atom. The third-order valence-electron chi connectivity index (χ3n) is 4.38. The minimum Gasteiger partial charge on any atom is -0.481 e. The van der Waals surface area contributed by atoms with Crippen LogP contribution < -0.4 is 0 Å². The number of carboxylic acids is 1. The zero-order valence-electron chi connectivity index (χ0n) is 13.7. The highest BCUT2D eigenvalue weighted by Gasteiger charge is 2.46. The van der Waals surface area contributed by atoms with Crippen molar-refractivity contribution >= 4 is 23.2 Å². The number of carboxylic acid groups (broad SMARTS) is 1. The van der Waals surface area contributed by atoms with E-state index in [0.717, 1.165) is 17.1 Å². The number of carbonyl (C=O) groups is 2. The van der Waals surface area contributed by atoms with Crippen molar-refractivity contribution < 1.29 is 14.7 Å². The molecule has 8 heteroatoms. The van der Waals surface area contributed by atoms with Crippen molar-refractivity contribution in [2.75, 3.05) is 6.54 Å². The van der Waals surface area contributed by atoms with Gasteiger partial charge in [0.15, 0.2) is 0 Å². The van der Waals surface area contributed by atoms with Gasteiger partial charge in [-0.25, -0.2) is 9.97 Å². The van der Waals surface area contributed by atoms with E-state index in [1.807, 2.05) is 12.4 Å². The normalized spacial score (nSPS) is 20.8. The highest BCUT2D eigenvalue weighted by Crippen LogP contribution is 2.37. The topological polar surface area (TPSA) is 88.3 Å². The molecule has 2 atom stereocenters. The van der Waals surface area contributed by atoms with Crippen LogP contribution in [0.1, 0.15) is 35.9 Å². The largest absolute Gasteiger partial charge is 0.481 e. The fourth-order valence-electron chi connectivity index (χ4n) is 3.12. The first kappa shape index (κ1) is 16.6. The van der Waals surface area contributed by atoms with Crippen molar-refractivity contribution in [1.82, 2.24) is 19.4 Å². The van der Waals surface area contributed by atoms with Gasteiger partial charge in [-0.05, 0) is 6.42 Å². The predicted octanol–water partition coefficient (Wildman–Crippen LogP) is 1.66.